The van der Waals surface area contributed by atoms with Gasteiger partial charge in [-0.25, -0.2) is 0 Å². The predicted molar refractivity (Wildman–Crippen MR) is 109 cm³/mol. The fourth-order valence-corrected chi connectivity index (χ4v) is 3.74. The summed E-state index contributed by atoms with van der Waals surface area (Å²) in [5, 5.41) is 9.72. The van der Waals surface area contributed by atoms with Gasteiger partial charge in [0.25, 0.3) is 0 Å². The van der Waals surface area contributed by atoms with Crippen LogP contribution >= 0.6 is 11.6 Å². The summed E-state index contributed by atoms with van der Waals surface area (Å²) in [6.07, 6.45) is 1.03. The van der Waals surface area contributed by atoms with Crippen molar-refractivity contribution in [2.45, 2.75) is 13.0 Å². The van der Waals surface area contributed by atoms with Gasteiger partial charge in [-0.05, 0) is 36.8 Å². The molecule has 0 saturated carbocycles. The number of hydrogen-bond donors (Lipinski definition) is 0. The fraction of sp³-hybridized carbons (Fsp3) is 0.400. The van der Waals surface area contributed by atoms with Crippen LogP contribution in [0.25, 0.3) is 11.0 Å². The summed E-state index contributed by atoms with van der Waals surface area (Å²) >= 11 is 6.01. The quantitative estimate of drug-likeness (QED) is 0.651. The van der Waals surface area contributed by atoms with Gasteiger partial charge in [0, 0.05) is 37.7 Å². The number of anilines is 1. The zero-order chi connectivity index (χ0) is 18.6. The van der Waals surface area contributed by atoms with E-state index in [2.05, 4.69) is 32.1 Å². The van der Waals surface area contributed by atoms with Gasteiger partial charge in [0.2, 0.25) is 0 Å². The van der Waals surface area contributed by atoms with E-state index in [0.29, 0.717) is 5.02 Å². The molecular weight excluding hydrogens is 362 g/mol. The molecular formula is C20H24ClN5O. The third-order valence-electron chi connectivity index (χ3n) is 5.01. The van der Waals surface area contributed by atoms with Crippen molar-refractivity contribution in [3.05, 3.63) is 47.5 Å². The van der Waals surface area contributed by atoms with Crippen molar-refractivity contribution >= 4 is 28.3 Å². The van der Waals surface area contributed by atoms with E-state index < -0.39 is 0 Å². The zero-order valence-electron chi connectivity index (χ0n) is 15.5. The predicted octanol–water partition coefficient (Wildman–Crippen LogP) is 3.31. The molecule has 0 bridgehead atoms. The molecule has 1 aliphatic heterocycles. The maximum atomic E-state index is 6.01. The second-order valence-corrected chi connectivity index (χ2v) is 7.22. The van der Waals surface area contributed by atoms with Gasteiger partial charge in [-0.15, -0.1) is 0 Å². The van der Waals surface area contributed by atoms with Crippen molar-refractivity contribution in [1.82, 2.24) is 19.9 Å². The summed E-state index contributed by atoms with van der Waals surface area (Å²) in [6.45, 7) is 6.02. The lowest BCUT2D eigenvalue weighted by Gasteiger charge is -2.36. The molecule has 2 heterocycles. The minimum Gasteiger partial charge on any atom is -0.495 e. The number of piperazine rings is 1. The third kappa shape index (κ3) is 4.17. The van der Waals surface area contributed by atoms with Crippen LogP contribution in [-0.2, 0) is 6.54 Å². The number of ether oxygens (including phenoxy) is 1. The van der Waals surface area contributed by atoms with Gasteiger partial charge in [-0.2, -0.15) is 15.0 Å². The van der Waals surface area contributed by atoms with Gasteiger partial charge in [0.1, 0.15) is 16.8 Å². The molecule has 0 N–H and O–H groups in total. The van der Waals surface area contributed by atoms with Crippen molar-refractivity contribution in [1.29, 1.82) is 0 Å². The zero-order valence-corrected chi connectivity index (χ0v) is 16.3. The number of nitrogens with zero attached hydrogens (tertiary/aromatic N) is 5. The molecule has 0 radical (unpaired) electrons. The van der Waals surface area contributed by atoms with E-state index >= 15 is 0 Å². The van der Waals surface area contributed by atoms with Crippen LogP contribution in [0, 0.1) is 0 Å². The molecule has 0 unspecified atom stereocenters. The van der Waals surface area contributed by atoms with Crippen LogP contribution in [0.3, 0.4) is 0 Å². The van der Waals surface area contributed by atoms with Gasteiger partial charge in [0.15, 0.2) is 0 Å². The Labute approximate surface area is 164 Å². The van der Waals surface area contributed by atoms with E-state index in [4.69, 9.17) is 16.3 Å². The number of hydrogen-bond acceptors (Lipinski definition) is 5. The summed E-state index contributed by atoms with van der Waals surface area (Å²) in [7, 11) is 1.73. The first kappa shape index (κ1) is 18.1. The van der Waals surface area contributed by atoms with Crippen LogP contribution in [-0.4, -0.2) is 59.7 Å². The van der Waals surface area contributed by atoms with Gasteiger partial charge in [0.05, 0.1) is 19.3 Å². The van der Waals surface area contributed by atoms with Crippen LogP contribution in [0.2, 0.25) is 5.02 Å². The number of rotatable bonds is 6. The molecule has 27 heavy (non-hydrogen) atoms. The highest BCUT2D eigenvalue weighted by Crippen LogP contribution is 2.28. The van der Waals surface area contributed by atoms with Crippen LogP contribution in [0.1, 0.15) is 6.42 Å². The monoisotopic (exact) mass is 385 g/mol. The van der Waals surface area contributed by atoms with Gasteiger partial charge in [-0.3, -0.25) is 4.90 Å². The highest BCUT2D eigenvalue weighted by molar-refractivity contribution is 6.31. The third-order valence-corrected chi connectivity index (χ3v) is 5.25. The molecule has 0 spiro atoms. The minimum atomic E-state index is 0.697. The van der Waals surface area contributed by atoms with E-state index in [0.717, 1.165) is 62.5 Å². The molecule has 1 aromatic heterocycles. The summed E-state index contributed by atoms with van der Waals surface area (Å²) < 4.78 is 5.49. The first-order valence-electron chi connectivity index (χ1n) is 9.33. The van der Waals surface area contributed by atoms with E-state index in [9.17, 15) is 0 Å². The smallest absolute Gasteiger partial charge is 0.142 e. The van der Waals surface area contributed by atoms with Crippen molar-refractivity contribution < 1.29 is 4.74 Å². The Morgan fingerprint density at radius 1 is 0.963 bits per heavy atom. The first-order valence-corrected chi connectivity index (χ1v) is 9.71. The summed E-state index contributed by atoms with van der Waals surface area (Å²) in [6, 6.07) is 13.9. The topological polar surface area (TPSA) is 46.4 Å². The SMILES string of the molecule is COc1ccccc1N1CCN(CCCn2nc3ccc(Cl)cc3n2)CC1. The van der Waals surface area contributed by atoms with Crippen LogP contribution in [0.15, 0.2) is 42.5 Å². The lowest BCUT2D eigenvalue weighted by atomic mass is 10.2. The number of aryl methyl sites for hydroxylation is 1. The molecule has 6 nitrogen and oxygen atoms in total. The van der Waals surface area contributed by atoms with E-state index in [1.165, 1.54) is 5.69 Å². The Morgan fingerprint density at radius 3 is 2.56 bits per heavy atom. The van der Waals surface area contributed by atoms with Crippen LogP contribution in [0.4, 0.5) is 5.69 Å². The Bertz CT molecular complexity index is 904. The van der Waals surface area contributed by atoms with Crippen molar-refractivity contribution in [2.24, 2.45) is 0 Å². The van der Waals surface area contributed by atoms with Gasteiger partial charge >= 0.3 is 0 Å². The molecule has 4 rings (SSSR count). The molecule has 1 fully saturated rings. The minimum absolute atomic E-state index is 0.697. The van der Waals surface area contributed by atoms with Crippen molar-refractivity contribution in [2.75, 3.05) is 44.7 Å². The van der Waals surface area contributed by atoms with E-state index in [-0.39, 0.29) is 0 Å². The molecule has 1 aliphatic rings. The first-order chi connectivity index (χ1) is 13.2. The number of fused-ring (bicyclic) bond motifs is 1. The maximum Gasteiger partial charge on any atom is 0.142 e. The summed E-state index contributed by atoms with van der Waals surface area (Å²) in [5.74, 6) is 0.947. The Morgan fingerprint density at radius 2 is 1.74 bits per heavy atom. The van der Waals surface area contributed by atoms with Crippen LogP contribution in [0.5, 0.6) is 5.75 Å². The Kier molecular flexibility index (Phi) is 5.45. The highest BCUT2D eigenvalue weighted by Gasteiger charge is 2.19. The van der Waals surface area contributed by atoms with Crippen LogP contribution < -0.4 is 9.64 Å². The normalized spacial score (nSPS) is 15.4. The van der Waals surface area contributed by atoms with Crippen molar-refractivity contribution in [3.63, 3.8) is 0 Å². The number of benzene rings is 2. The highest BCUT2D eigenvalue weighted by atomic mass is 35.5. The Hall–Kier alpha value is -2.31. The molecule has 2 aromatic carbocycles. The standard InChI is InChI=1S/C20H24ClN5O/c1-27-20-6-3-2-5-19(20)25-13-11-24(12-14-25)9-4-10-26-22-17-8-7-16(21)15-18(17)23-26/h2-3,5-8,15H,4,9-14H2,1H3. The second kappa shape index (κ2) is 8.15. The Balaban J connectivity index is 1.27. The number of para-hydroxylation sites is 2. The molecule has 1 saturated heterocycles. The molecule has 7 heteroatoms. The number of aromatic nitrogens is 3. The second-order valence-electron chi connectivity index (χ2n) is 6.78. The van der Waals surface area contributed by atoms with Gasteiger partial charge < -0.3 is 9.64 Å². The van der Waals surface area contributed by atoms with E-state index in [1.54, 1.807) is 11.9 Å². The maximum absolute atomic E-state index is 6.01. The lowest BCUT2D eigenvalue weighted by molar-refractivity contribution is 0.246. The average molecular weight is 386 g/mol. The van der Waals surface area contributed by atoms with Gasteiger partial charge in [-0.1, -0.05) is 23.7 Å². The van der Waals surface area contributed by atoms with Crippen molar-refractivity contribution in [3.8, 4) is 5.75 Å². The molecule has 142 valence electrons. The average Bonchev–Trinajstić information content (AvgIpc) is 3.10. The summed E-state index contributed by atoms with van der Waals surface area (Å²) in [4.78, 5) is 6.69. The summed E-state index contributed by atoms with van der Waals surface area (Å²) in [5.41, 5.74) is 2.93. The largest absolute Gasteiger partial charge is 0.495 e. The molecule has 0 atom stereocenters. The number of halogens is 1. The van der Waals surface area contributed by atoms with E-state index in [1.807, 2.05) is 30.3 Å². The number of methoxy groups -OCH3 is 1. The lowest BCUT2D eigenvalue weighted by Crippen LogP contribution is -2.46. The molecule has 3 aromatic rings. The molecule has 0 amide bonds. The fourth-order valence-electron chi connectivity index (χ4n) is 3.57. The molecule has 0 aliphatic carbocycles.